The lowest BCUT2D eigenvalue weighted by atomic mass is 9.85. The number of benzene rings is 2. The number of nitrogens with two attached hydrogens (primary N) is 1. The molecule has 0 aliphatic carbocycles. The van der Waals surface area contributed by atoms with E-state index in [0.717, 1.165) is 17.5 Å². The summed E-state index contributed by atoms with van der Waals surface area (Å²) in [4.78, 5) is 46.5. The van der Waals surface area contributed by atoms with Gasteiger partial charge in [-0.25, -0.2) is 15.0 Å². The summed E-state index contributed by atoms with van der Waals surface area (Å²) in [5.41, 5.74) is 11.8. The van der Waals surface area contributed by atoms with Crippen LogP contribution in [0.15, 0.2) is 71.4 Å². The van der Waals surface area contributed by atoms with Crippen LogP contribution in [0.3, 0.4) is 0 Å². The number of carbonyl (C=O) groups excluding carboxylic acids is 2. The maximum Gasteiger partial charge on any atom is 0.237 e. The van der Waals surface area contributed by atoms with Crippen LogP contribution in [-0.2, 0) is 16.6 Å². The van der Waals surface area contributed by atoms with Gasteiger partial charge in [-0.2, -0.15) is 5.10 Å². The average molecular weight is 671 g/mol. The maximum atomic E-state index is 14.0. The first-order valence-corrected chi connectivity index (χ1v) is 16.9. The Morgan fingerprint density at radius 1 is 1.02 bits per heavy atom. The summed E-state index contributed by atoms with van der Waals surface area (Å²) in [6.45, 7) is 5.04. The molecule has 13 nitrogen and oxygen atoms in total. The second-order valence-corrected chi connectivity index (χ2v) is 13.5. The third kappa shape index (κ3) is 5.72. The van der Waals surface area contributed by atoms with Gasteiger partial charge in [-0.1, -0.05) is 30.3 Å². The van der Waals surface area contributed by atoms with Crippen molar-refractivity contribution in [2.75, 3.05) is 49.9 Å². The molecule has 5 aromatic rings. The number of amides is 2. The number of aromatic nitrogens is 5. The first kappa shape index (κ1) is 31.6. The molecule has 13 heteroatoms. The fourth-order valence-corrected chi connectivity index (χ4v) is 7.41. The van der Waals surface area contributed by atoms with Crippen LogP contribution in [0.25, 0.3) is 28.1 Å². The van der Waals surface area contributed by atoms with Crippen molar-refractivity contribution in [3.8, 4) is 11.4 Å². The zero-order valence-electron chi connectivity index (χ0n) is 28.1. The van der Waals surface area contributed by atoms with E-state index in [1.165, 1.54) is 5.57 Å². The largest absolute Gasteiger partial charge is 0.441 e. The van der Waals surface area contributed by atoms with E-state index in [4.69, 9.17) is 20.5 Å². The highest BCUT2D eigenvalue weighted by molar-refractivity contribution is 6.14. The van der Waals surface area contributed by atoms with Gasteiger partial charge in [0.15, 0.2) is 17.3 Å². The zero-order valence-corrected chi connectivity index (χ0v) is 28.1. The van der Waals surface area contributed by atoms with Crippen molar-refractivity contribution < 1.29 is 14.0 Å². The quantitative estimate of drug-likeness (QED) is 0.243. The molecule has 3 N–H and O–H groups in total. The lowest BCUT2D eigenvalue weighted by Crippen LogP contribution is -2.43. The molecular formula is C37H38N10O3. The number of carbonyl (C=O) groups is 2. The summed E-state index contributed by atoms with van der Waals surface area (Å²) in [5.74, 6) is 1.82. The number of hydrogen-bond donors (Lipinski definition) is 2. The van der Waals surface area contributed by atoms with Crippen molar-refractivity contribution in [3.63, 3.8) is 0 Å². The monoisotopic (exact) mass is 670 g/mol. The Balaban J connectivity index is 0.890. The summed E-state index contributed by atoms with van der Waals surface area (Å²) in [6.07, 6.45) is 5.99. The van der Waals surface area contributed by atoms with E-state index < -0.39 is 5.41 Å². The van der Waals surface area contributed by atoms with Gasteiger partial charge in [0.1, 0.15) is 23.4 Å². The molecule has 0 radical (unpaired) electrons. The molecule has 3 aliphatic rings. The lowest BCUT2D eigenvalue weighted by Gasteiger charge is -2.29. The first-order chi connectivity index (χ1) is 24.2. The molecule has 3 aliphatic heterocycles. The molecule has 2 aromatic carbocycles. The number of anilines is 2. The normalized spacial score (nSPS) is 19.6. The minimum atomic E-state index is -0.557. The van der Waals surface area contributed by atoms with Crippen molar-refractivity contribution in [1.82, 2.24) is 34.5 Å². The molecule has 3 aromatic heterocycles. The number of likely N-dealkylation sites (tertiary alicyclic amines) is 1. The van der Waals surface area contributed by atoms with Crippen molar-refractivity contribution in [2.24, 2.45) is 12.5 Å². The second kappa shape index (κ2) is 12.3. The molecule has 0 bridgehead atoms. The number of pyridine rings is 1. The molecule has 8 rings (SSSR count). The Labute approximate surface area is 288 Å². The number of nitrogens with zero attached hydrogens (tertiary/aromatic N) is 8. The van der Waals surface area contributed by atoms with Gasteiger partial charge in [0.05, 0.1) is 23.4 Å². The molecule has 6 heterocycles. The smallest absolute Gasteiger partial charge is 0.237 e. The Morgan fingerprint density at radius 2 is 1.82 bits per heavy atom. The van der Waals surface area contributed by atoms with Crippen LogP contribution in [0.2, 0.25) is 0 Å². The topological polar surface area (TPSA) is 163 Å². The van der Waals surface area contributed by atoms with Gasteiger partial charge >= 0.3 is 0 Å². The van der Waals surface area contributed by atoms with E-state index in [1.54, 1.807) is 53.2 Å². The standard InChI is InChI=1S/C37H38N10O3/c1-23-41-29-19-27(7-9-30(29)50-23)33(39)34-28(38)8-10-31(42-34)47-18-14-37(36(47)49)13-17-45(21-37)20-32(48)46-15-11-25(12-16-46)24-3-5-26(6-4-24)35-40-22-44(2)43-35/h3-11,19,22,39H,12-18,20-21,38H2,1-2H3/t37-/m0/s1. The number of fused-ring (bicyclic) bond motifs is 1. The second-order valence-electron chi connectivity index (χ2n) is 13.5. The van der Waals surface area contributed by atoms with E-state index >= 15 is 0 Å². The number of nitrogen functional groups attached to an aromatic ring is 1. The van der Waals surface area contributed by atoms with Gasteiger partial charge in [-0.3, -0.25) is 29.5 Å². The first-order valence-electron chi connectivity index (χ1n) is 16.9. The van der Waals surface area contributed by atoms with Crippen LogP contribution in [0.5, 0.6) is 0 Å². The van der Waals surface area contributed by atoms with Crippen LogP contribution < -0.4 is 10.6 Å². The Bertz CT molecular complexity index is 2180. The van der Waals surface area contributed by atoms with Gasteiger partial charge in [0.2, 0.25) is 11.8 Å². The van der Waals surface area contributed by atoms with Crippen LogP contribution >= 0.6 is 0 Å². The fraction of sp³-hybridized carbons (Fsp3) is 0.324. The molecule has 50 heavy (non-hydrogen) atoms. The van der Waals surface area contributed by atoms with Gasteiger partial charge in [0, 0.05) is 51.3 Å². The number of hydrogen-bond acceptors (Lipinski definition) is 10. The summed E-state index contributed by atoms with van der Waals surface area (Å²) >= 11 is 0. The lowest BCUT2D eigenvalue weighted by molar-refractivity contribution is -0.132. The third-order valence-corrected chi connectivity index (χ3v) is 10.2. The molecule has 2 saturated heterocycles. The van der Waals surface area contributed by atoms with Crippen LogP contribution in [0, 0.1) is 17.7 Å². The SMILES string of the molecule is Cc1nc2cc(C(=N)c3nc(N4CC[C@]5(CCN(CC(=O)N6CC=C(c7ccc(-c8ncn(C)n8)cc7)CC6)C5)C4=O)ccc3N)ccc2o1. The molecule has 0 saturated carbocycles. The Kier molecular flexibility index (Phi) is 7.78. The van der Waals surface area contributed by atoms with Crippen molar-refractivity contribution in [1.29, 1.82) is 5.41 Å². The minimum Gasteiger partial charge on any atom is -0.441 e. The van der Waals surface area contributed by atoms with E-state index in [1.807, 2.05) is 24.1 Å². The van der Waals surface area contributed by atoms with E-state index in [9.17, 15) is 9.59 Å². The summed E-state index contributed by atoms with van der Waals surface area (Å²) < 4.78 is 7.26. The third-order valence-electron chi connectivity index (χ3n) is 10.2. The molecular weight excluding hydrogens is 632 g/mol. The van der Waals surface area contributed by atoms with Crippen LogP contribution in [-0.4, -0.2) is 91.3 Å². The summed E-state index contributed by atoms with van der Waals surface area (Å²) in [5, 5.41) is 13.3. The molecule has 254 valence electrons. The van der Waals surface area contributed by atoms with Gasteiger partial charge in [-0.15, -0.1) is 0 Å². The predicted molar refractivity (Wildman–Crippen MR) is 189 cm³/mol. The van der Waals surface area contributed by atoms with Crippen molar-refractivity contribution in [3.05, 3.63) is 89.7 Å². The fourth-order valence-electron chi connectivity index (χ4n) is 7.41. The highest BCUT2D eigenvalue weighted by Crippen LogP contribution is 2.42. The predicted octanol–water partition coefficient (Wildman–Crippen LogP) is 4.07. The number of aryl methyl sites for hydroxylation is 2. The number of nitrogens with one attached hydrogen (secondary N) is 1. The van der Waals surface area contributed by atoms with Gasteiger partial charge < -0.3 is 15.1 Å². The molecule has 1 atom stereocenters. The molecule has 0 unspecified atom stereocenters. The maximum absolute atomic E-state index is 14.0. The Hall–Kier alpha value is -5.69. The Morgan fingerprint density at radius 3 is 2.58 bits per heavy atom. The van der Waals surface area contributed by atoms with E-state index in [0.29, 0.717) is 97.7 Å². The highest BCUT2D eigenvalue weighted by Gasteiger charge is 2.51. The van der Waals surface area contributed by atoms with Crippen LogP contribution in [0.1, 0.15) is 42.0 Å². The van der Waals surface area contributed by atoms with E-state index in [2.05, 4.69) is 38.2 Å². The average Bonchev–Trinajstić information content (AvgIpc) is 3.91. The van der Waals surface area contributed by atoms with E-state index in [-0.39, 0.29) is 17.5 Å². The van der Waals surface area contributed by atoms with Crippen molar-refractivity contribution >= 4 is 45.7 Å². The minimum absolute atomic E-state index is 0.0112. The summed E-state index contributed by atoms with van der Waals surface area (Å²) in [7, 11) is 1.85. The number of oxazole rings is 1. The van der Waals surface area contributed by atoms with Crippen LogP contribution in [0.4, 0.5) is 11.5 Å². The highest BCUT2D eigenvalue weighted by atomic mass is 16.3. The number of rotatable bonds is 7. The zero-order chi connectivity index (χ0) is 34.6. The summed E-state index contributed by atoms with van der Waals surface area (Å²) in [6, 6.07) is 17.0. The molecule has 1 spiro atoms. The van der Waals surface area contributed by atoms with Crippen molar-refractivity contribution in [2.45, 2.75) is 26.2 Å². The molecule has 2 amide bonds. The van der Waals surface area contributed by atoms with Gasteiger partial charge in [0.25, 0.3) is 0 Å². The van der Waals surface area contributed by atoms with Gasteiger partial charge in [-0.05, 0) is 67.3 Å². The molecule has 2 fully saturated rings.